The van der Waals surface area contributed by atoms with Gasteiger partial charge in [0.25, 0.3) is 0 Å². The van der Waals surface area contributed by atoms with Gasteiger partial charge in [-0.25, -0.2) is 4.79 Å². The van der Waals surface area contributed by atoms with Crippen LogP contribution in [0.2, 0.25) is 0 Å². The molecule has 0 bridgehead atoms. The lowest BCUT2D eigenvalue weighted by Crippen LogP contribution is -2.27. The van der Waals surface area contributed by atoms with E-state index >= 15 is 0 Å². The number of fused-ring (bicyclic) bond motifs is 2. The van der Waals surface area contributed by atoms with Gasteiger partial charge in [0.2, 0.25) is 0 Å². The second-order valence-electron chi connectivity index (χ2n) is 8.33. The minimum Gasteiger partial charge on any atom is -0.486 e. The molecule has 6 nitrogen and oxygen atoms in total. The Morgan fingerprint density at radius 1 is 1.19 bits per heavy atom. The maximum Gasteiger partial charge on any atom is 0.435 e. The average Bonchev–Trinajstić information content (AvgIpc) is 3.29. The monoisotopic (exact) mass is 419 g/mol. The Labute approximate surface area is 183 Å². The lowest BCUT2D eigenvalue weighted by molar-refractivity contribution is 0.0522. The molecule has 0 fully saturated rings. The summed E-state index contributed by atoms with van der Waals surface area (Å²) in [6, 6.07) is 13.5. The van der Waals surface area contributed by atoms with E-state index in [1.165, 1.54) is 10.2 Å². The molecule has 0 saturated heterocycles. The van der Waals surface area contributed by atoms with E-state index in [0.29, 0.717) is 11.1 Å². The highest BCUT2D eigenvalue weighted by molar-refractivity contribution is 5.90. The van der Waals surface area contributed by atoms with Gasteiger partial charge in [0.05, 0.1) is 22.8 Å². The number of aromatic nitrogens is 2. The molecule has 1 heterocycles. The Balaban J connectivity index is 0.00000132. The average molecular weight is 420 g/mol. The molecule has 31 heavy (non-hydrogen) atoms. The highest BCUT2D eigenvalue weighted by atomic mass is 16.6. The lowest BCUT2D eigenvalue weighted by Gasteiger charge is -2.19. The van der Waals surface area contributed by atoms with Crippen LogP contribution < -0.4 is 4.74 Å². The van der Waals surface area contributed by atoms with Gasteiger partial charge in [0.1, 0.15) is 17.5 Å². The van der Waals surface area contributed by atoms with Crippen molar-refractivity contribution in [3.63, 3.8) is 0 Å². The van der Waals surface area contributed by atoms with Crippen molar-refractivity contribution in [2.45, 2.75) is 66.1 Å². The number of nitrogens with zero attached hydrogens (tertiary/aromatic N) is 3. The normalized spacial score (nSPS) is 14.9. The van der Waals surface area contributed by atoms with Crippen molar-refractivity contribution < 1.29 is 14.3 Å². The first-order valence-corrected chi connectivity index (χ1v) is 10.7. The van der Waals surface area contributed by atoms with Crippen molar-refractivity contribution in [2.75, 3.05) is 0 Å². The highest BCUT2D eigenvalue weighted by Gasteiger charge is 2.25. The number of nitriles is 1. The summed E-state index contributed by atoms with van der Waals surface area (Å²) in [5, 5.41) is 14.3. The molecule has 4 rings (SSSR count). The molecule has 0 unspecified atom stereocenters. The number of carbonyl (C=O) groups is 1. The van der Waals surface area contributed by atoms with E-state index in [-0.39, 0.29) is 6.10 Å². The van der Waals surface area contributed by atoms with Gasteiger partial charge in [-0.15, -0.1) is 0 Å². The van der Waals surface area contributed by atoms with Crippen molar-refractivity contribution in [2.24, 2.45) is 0 Å². The number of aryl methyl sites for hydroxylation is 2. The van der Waals surface area contributed by atoms with Crippen LogP contribution in [-0.4, -0.2) is 21.5 Å². The number of ether oxygens (including phenoxy) is 2. The topological polar surface area (TPSA) is 77.1 Å². The standard InChI is InChI=1S/C23H23N3O3.C2H6/c1-14-19-12-17(7-9-20(19)26(25-14)22(27)29-23(2,3)4)28-21-10-6-16-11-15(13-24)5-8-18(16)21;1-2/h5,7-9,11-12,21H,6,10H2,1-4H3;1-2H3/t21-;/m0./s1. The van der Waals surface area contributed by atoms with Crippen LogP contribution in [-0.2, 0) is 11.2 Å². The van der Waals surface area contributed by atoms with Crippen LogP contribution in [0.25, 0.3) is 10.9 Å². The van der Waals surface area contributed by atoms with Crippen LogP contribution in [0.3, 0.4) is 0 Å². The molecule has 6 heteroatoms. The van der Waals surface area contributed by atoms with E-state index in [0.717, 1.165) is 35.2 Å². The summed E-state index contributed by atoms with van der Waals surface area (Å²) in [6.45, 7) is 11.3. The Kier molecular flexibility index (Phi) is 6.35. The minimum absolute atomic E-state index is 0.0450. The molecule has 0 saturated carbocycles. The Morgan fingerprint density at radius 3 is 2.61 bits per heavy atom. The van der Waals surface area contributed by atoms with Crippen molar-refractivity contribution in [3.8, 4) is 11.8 Å². The first-order valence-electron chi connectivity index (χ1n) is 10.7. The summed E-state index contributed by atoms with van der Waals surface area (Å²) in [5.41, 5.74) is 3.81. The van der Waals surface area contributed by atoms with Gasteiger partial charge in [0.15, 0.2) is 0 Å². The Hall–Kier alpha value is -3.33. The molecular weight excluding hydrogens is 390 g/mol. The van der Waals surface area contributed by atoms with E-state index in [4.69, 9.17) is 14.7 Å². The van der Waals surface area contributed by atoms with Crippen molar-refractivity contribution in [1.82, 2.24) is 9.78 Å². The molecular formula is C25H29N3O3. The fraction of sp³-hybridized carbons (Fsp3) is 0.400. The van der Waals surface area contributed by atoms with E-state index in [2.05, 4.69) is 11.2 Å². The van der Waals surface area contributed by atoms with Crippen molar-refractivity contribution in [3.05, 3.63) is 58.8 Å². The molecule has 0 N–H and O–H groups in total. The van der Waals surface area contributed by atoms with Crippen LogP contribution in [0.1, 0.15) is 69.5 Å². The van der Waals surface area contributed by atoms with Crippen LogP contribution in [0.4, 0.5) is 4.79 Å². The van der Waals surface area contributed by atoms with Crippen LogP contribution in [0.15, 0.2) is 36.4 Å². The zero-order valence-electron chi connectivity index (χ0n) is 19.0. The van der Waals surface area contributed by atoms with Gasteiger partial charge in [-0.05, 0) is 82.0 Å². The van der Waals surface area contributed by atoms with Gasteiger partial charge in [-0.1, -0.05) is 19.9 Å². The summed E-state index contributed by atoms with van der Waals surface area (Å²) >= 11 is 0. The maximum absolute atomic E-state index is 12.5. The number of carbonyl (C=O) groups excluding carboxylic acids is 1. The smallest absolute Gasteiger partial charge is 0.435 e. The first-order chi connectivity index (χ1) is 14.7. The first kappa shape index (κ1) is 22.4. The van der Waals surface area contributed by atoms with Crippen LogP contribution in [0, 0.1) is 18.3 Å². The zero-order valence-corrected chi connectivity index (χ0v) is 19.0. The van der Waals surface area contributed by atoms with E-state index in [1.807, 2.05) is 77.9 Å². The molecule has 3 aromatic rings. The number of hydrogen-bond acceptors (Lipinski definition) is 5. The summed E-state index contributed by atoms with van der Waals surface area (Å²) in [4.78, 5) is 12.5. The summed E-state index contributed by atoms with van der Waals surface area (Å²) < 4.78 is 13.0. The number of rotatable bonds is 2. The van der Waals surface area contributed by atoms with Crippen molar-refractivity contribution in [1.29, 1.82) is 5.26 Å². The van der Waals surface area contributed by atoms with E-state index in [1.54, 1.807) is 0 Å². The lowest BCUT2D eigenvalue weighted by atomic mass is 10.1. The predicted octanol–water partition coefficient (Wildman–Crippen LogP) is 6.09. The molecule has 1 aliphatic carbocycles. The molecule has 1 atom stereocenters. The molecule has 1 aromatic heterocycles. The molecule has 0 spiro atoms. The van der Waals surface area contributed by atoms with E-state index in [9.17, 15) is 4.79 Å². The summed E-state index contributed by atoms with van der Waals surface area (Å²) in [6.07, 6.45) is 1.23. The highest BCUT2D eigenvalue weighted by Crippen LogP contribution is 2.36. The van der Waals surface area contributed by atoms with Crippen LogP contribution >= 0.6 is 0 Å². The molecule has 2 aromatic carbocycles. The van der Waals surface area contributed by atoms with Gasteiger partial charge >= 0.3 is 6.09 Å². The van der Waals surface area contributed by atoms with Gasteiger partial charge in [-0.2, -0.15) is 15.0 Å². The molecule has 1 aliphatic rings. The molecule has 0 amide bonds. The van der Waals surface area contributed by atoms with Gasteiger partial charge < -0.3 is 9.47 Å². The quantitative estimate of drug-likeness (QED) is 0.502. The zero-order chi connectivity index (χ0) is 22.8. The third-order valence-electron chi connectivity index (χ3n) is 4.98. The molecule has 0 radical (unpaired) electrons. The SMILES string of the molecule is CC.Cc1nn(C(=O)OC(C)(C)C)c2ccc(O[C@H]3CCc4cc(C#N)ccc43)cc12. The van der Waals surface area contributed by atoms with Crippen LogP contribution in [0.5, 0.6) is 5.75 Å². The third kappa shape index (κ3) is 4.72. The molecule has 162 valence electrons. The fourth-order valence-corrected chi connectivity index (χ4v) is 3.70. The number of hydrogen-bond donors (Lipinski definition) is 0. The van der Waals surface area contributed by atoms with Crippen molar-refractivity contribution >= 4 is 17.0 Å². The Morgan fingerprint density at radius 2 is 1.94 bits per heavy atom. The van der Waals surface area contributed by atoms with Gasteiger partial charge in [0, 0.05) is 5.39 Å². The molecule has 0 aliphatic heterocycles. The largest absolute Gasteiger partial charge is 0.486 e. The maximum atomic E-state index is 12.5. The fourth-order valence-electron chi connectivity index (χ4n) is 3.70. The minimum atomic E-state index is -0.590. The third-order valence-corrected chi connectivity index (χ3v) is 4.98. The van der Waals surface area contributed by atoms with E-state index < -0.39 is 11.7 Å². The Bertz CT molecular complexity index is 1150. The second kappa shape index (κ2) is 8.81. The predicted molar refractivity (Wildman–Crippen MR) is 120 cm³/mol. The summed E-state index contributed by atoms with van der Waals surface area (Å²) in [5.74, 6) is 0.728. The second-order valence-corrected chi connectivity index (χ2v) is 8.33. The number of benzene rings is 2. The summed E-state index contributed by atoms with van der Waals surface area (Å²) in [7, 11) is 0. The van der Waals surface area contributed by atoms with Gasteiger partial charge in [-0.3, -0.25) is 0 Å².